The summed E-state index contributed by atoms with van der Waals surface area (Å²) in [6.07, 6.45) is 3.40. The van der Waals surface area contributed by atoms with Gasteiger partial charge in [-0.25, -0.2) is 4.98 Å². The van der Waals surface area contributed by atoms with Crippen LogP contribution in [0.4, 0.5) is 17.5 Å². The first-order valence-electron chi connectivity index (χ1n) is 9.07. The number of fused-ring (bicyclic) bond motifs is 1. The average molecular weight is 353 g/mol. The van der Waals surface area contributed by atoms with Crippen LogP contribution in [0.3, 0.4) is 0 Å². The molecule has 1 aromatic carbocycles. The second kappa shape index (κ2) is 6.92. The molecule has 1 fully saturated rings. The van der Waals surface area contributed by atoms with Gasteiger partial charge in [-0.2, -0.15) is 4.98 Å². The molecular weight excluding hydrogens is 330 g/mol. The number of rotatable bonds is 4. The molecule has 2 unspecified atom stereocenters. The molecule has 1 saturated carbocycles. The topological polar surface area (TPSA) is 99.2 Å². The molecule has 1 amide bonds. The largest absolute Gasteiger partial charge is 0.391 e. The summed E-state index contributed by atoms with van der Waals surface area (Å²) in [5.41, 5.74) is 3.15. The summed E-state index contributed by atoms with van der Waals surface area (Å²) in [6, 6.07) is 7.85. The molecule has 2 aromatic rings. The number of aliphatic hydroxyl groups excluding tert-OH is 1. The third-order valence-electron chi connectivity index (χ3n) is 4.95. The molecule has 2 heterocycles. The first-order valence-corrected chi connectivity index (χ1v) is 9.07. The van der Waals surface area contributed by atoms with Gasteiger partial charge in [0.15, 0.2) is 0 Å². The lowest BCUT2D eigenvalue weighted by molar-refractivity contribution is 0.0966. The number of hydrogen-bond acceptors (Lipinski definition) is 6. The Morgan fingerprint density at radius 1 is 1.23 bits per heavy atom. The lowest BCUT2D eigenvalue weighted by atomic mass is 9.93. The van der Waals surface area contributed by atoms with Crippen LogP contribution in [0.5, 0.6) is 0 Å². The molecule has 1 aromatic heterocycles. The van der Waals surface area contributed by atoms with Crippen molar-refractivity contribution in [2.75, 3.05) is 10.6 Å². The van der Waals surface area contributed by atoms with Crippen molar-refractivity contribution in [2.24, 2.45) is 0 Å². The number of nitrogens with one attached hydrogen (secondary N) is 3. The van der Waals surface area contributed by atoms with E-state index in [-0.39, 0.29) is 11.9 Å². The van der Waals surface area contributed by atoms with E-state index in [2.05, 4.69) is 25.9 Å². The zero-order chi connectivity index (χ0) is 18.1. The number of aliphatic hydroxyl groups is 1. The van der Waals surface area contributed by atoms with E-state index < -0.39 is 6.10 Å². The Bertz CT molecular complexity index is 839. The SMILES string of the molecule is Cc1cccc(Nc2nc(NC3CCCCC3O)nc3c2C(=O)NC3)c1. The lowest BCUT2D eigenvalue weighted by Gasteiger charge is -2.28. The van der Waals surface area contributed by atoms with E-state index in [1.54, 1.807) is 0 Å². The van der Waals surface area contributed by atoms with E-state index in [1.165, 1.54) is 0 Å². The summed E-state index contributed by atoms with van der Waals surface area (Å²) in [5.74, 6) is 0.768. The maximum atomic E-state index is 12.2. The van der Waals surface area contributed by atoms with Gasteiger partial charge in [-0.15, -0.1) is 0 Å². The minimum absolute atomic E-state index is 0.0568. The predicted octanol–water partition coefficient (Wildman–Crippen LogP) is 2.49. The maximum Gasteiger partial charge on any atom is 0.257 e. The molecule has 0 bridgehead atoms. The van der Waals surface area contributed by atoms with Crippen LogP contribution in [0.25, 0.3) is 0 Å². The van der Waals surface area contributed by atoms with E-state index in [9.17, 15) is 9.90 Å². The molecule has 1 aliphatic carbocycles. The molecule has 7 nitrogen and oxygen atoms in total. The second-order valence-electron chi connectivity index (χ2n) is 7.00. The summed E-state index contributed by atoms with van der Waals surface area (Å²) in [5, 5.41) is 19.5. The Kier molecular flexibility index (Phi) is 4.46. The minimum Gasteiger partial charge on any atom is -0.391 e. The molecule has 2 atom stereocenters. The van der Waals surface area contributed by atoms with E-state index in [0.29, 0.717) is 29.6 Å². The molecule has 2 aliphatic rings. The molecule has 4 N–H and O–H groups in total. The van der Waals surface area contributed by atoms with Crippen LogP contribution in [-0.4, -0.2) is 33.1 Å². The smallest absolute Gasteiger partial charge is 0.257 e. The highest BCUT2D eigenvalue weighted by Crippen LogP contribution is 2.28. The van der Waals surface area contributed by atoms with E-state index in [0.717, 1.165) is 36.9 Å². The highest BCUT2D eigenvalue weighted by molar-refractivity contribution is 6.02. The Labute approximate surface area is 152 Å². The van der Waals surface area contributed by atoms with Crippen molar-refractivity contribution in [3.05, 3.63) is 41.1 Å². The number of amides is 1. The number of carbonyl (C=O) groups excluding carboxylic acids is 1. The third-order valence-corrected chi connectivity index (χ3v) is 4.95. The number of nitrogens with zero attached hydrogens (tertiary/aromatic N) is 2. The van der Waals surface area contributed by atoms with Crippen LogP contribution in [-0.2, 0) is 6.54 Å². The van der Waals surface area contributed by atoms with E-state index in [1.807, 2.05) is 31.2 Å². The predicted molar refractivity (Wildman–Crippen MR) is 99.5 cm³/mol. The van der Waals surface area contributed by atoms with Crippen molar-refractivity contribution in [1.29, 1.82) is 0 Å². The van der Waals surface area contributed by atoms with Crippen molar-refractivity contribution < 1.29 is 9.90 Å². The summed E-state index contributed by atoms with van der Waals surface area (Å²) in [6.45, 7) is 2.40. The Morgan fingerprint density at radius 3 is 2.88 bits per heavy atom. The normalized spacial score (nSPS) is 21.8. The van der Waals surface area contributed by atoms with Gasteiger partial charge in [0.1, 0.15) is 11.4 Å². The van der Waals surface area contributed by atoms with Crippen LogP contribution in [0.2, 0.25) is 0 Å². The van der Waals surface area contributed by atoms with Gasteiger partial charge in [-0.3, -0.25) is 4.79 Å². The van der Waals surface area contributed by atoms with Crippen molar-refractivity contribution in [1.82, 2.24) is 15.3 Å². The van der Waals surface area contributed by atoms with Crippen LogP contribution in [0.1, 0.15) is 47.3 Å². The summed E-state index contributed by atoms with van der Waals surface area (Å²) >= 11 is 0. The van der Waals surface area contributed by atoms with Crippen LogP contribution in [0.15, 0.2) is 24.3 Å². The number of benzene rings is 1. The Hall–Kier alpha value is -2.67. The number of anilines is 3. The average Bonchev–Trinajstić information content (AvgIpc) is 2.98. The molecule has 0 saturated heterocycles. The van der Waals surface area contributed by atoms with E-state index in [4.69, 9.17) is 0 Å². The van der Waals surface area contributed by atoms with Crippen molar-refractivity contribution in [3.8, 4) is 0 Å². The fraction of sp³-hybridized carbons (Fsp3) is 0.421. The molecule has 4 rings (SSSR count). The van der Waals surface area contributed by atoms with Gasteiger partial charge in [-0.1, -0.05) is 25.0 Å². The summed E-state index contributed by atoms with van der Waals surface area (Å²) in [4.78, 5) is 21.2. The molecule has 7 heteroatoms. The van der Waals surface area contributed by atoms with Gasteiger partial charge in [0.25, 0.3) is 5.91 Å². The monoisotopic (exact) mass is 353 g/mol. The van der Waals surface area contributed by atoms with Gasteiger partial charge >= 0.3 is 0 Å². The van der Waals surface area contributed by atoms with Gasteiger partial charge in [0.05, 0.1) is 24.4 Å². The van der Waals surface area contributed by atoms with Gasteiger partial charge in [-0.05, 0) is 37.5 Å². The van der Waals surface area contributed by atoms with Crippen LogP contribution < -0.4 is 16.0 Å². The summed E-state index contributed by atoms with van der Waals surface area (Å²) in [7, 11) is 0. The Morgan fingerprint density at radius 2 is 2.08 bits per heavy atom. The molecule has 0 spiro atoms. The van der Waals surface area contributed by atoms with Crippen molar-refractivity contribution in [2.45, 2.75) is 51.3 Å². The van der Waals surface area contributed by atoms with Crippen LogP contribution >= 0.6 is 0 Å². The third kappa shape index (κ3) is 3.35. The number of hydrogen-bond donors (Lipinski definition) is 4. The zero-order valence-electron chi connectivity index (χ0n) is 14.7. The maximum absolute atomic E-state index is 12.2. The lowest BCUT2D eigenvalue weighted by Crippen LogP contribution is -2.37. The van der Waals surface area contributed by atoms with Crippen molar-refractivity contribution in [3.63, 3.8) is 0 Å². The first kappa shape index (κ1) is 16.8. The number of aryl methyl sites for hydroxylation is 1. The van der Waals surface area contributed by atoms with Gasteiger partial charge in [0.2, 0.25) is 5.95 Å². The van der Waals surface area contributed by atoms with E-state index >= 15 is 0 Å². The quantitative estimate of drug-likeness (QED) is 0.674. The number of carbonyl (C=O) groups is 1. The zero-order valence-corrected chi connectivity index (χ0v) is 14.7. The highest BCUT2D eigenvalue weighted by atomic mass is 16.3. The fourth-order valence-corrected chi connectivity index (χ4v) is 3.59. The number of aromatic nitrogens is 2. The van der Waals surface area contributed by atoms with Gasteiger partial charge in [0, 0.05) is 5.69 Å². The Balaban J connectivity index is 1.65. The molecule has 136 valence electrons. The molecule has 1 aliphatic heterocycles. The summed E-state index contributed by atoms with van der Waals surface area (Å²) < 4.78 is 0. The van der Waals surface area contributed by atoms with Crippen LogP contribution in [0, 0.1) is 6.92 Å². The first-order chi connectivity index (χ1) is 12.6. The van der Waals surface area contributed by atoms with Gasteiger partial charge < -0.3 is 21.1 Å². The molecule has 0 radical (unpaired) electrons. The minimum atomic E-state index is -0.395. The van der Waals surface area contributed by atoms with Crippen molar-refractivity contribution >= 4 is 23.4 Å². The fourth-order valence-electron chi connectivity index (χ4n) is 3.59. The standard InChI is InChI=1S/C19H23N5O2/c1-11-5-4-6-12(9-11)21-17-16-14(10-20-18(16)26)23-19(24-17)22-13-7-2-3-8-15(13)25/h4-6,9,13,15,25H,2-3,7-8,10H2,1H3,(H,20,26)(H2,21,22,23,24). The highest BCUT2D eigenvalue weighted by Gasteiger charge is 2.29. The molecular formula is C19H23N5O2. The molecule has 26 heavy (non-hydrogen) atoms. The second-order valence-corrected chi connectivity index (χ2v) is 7.00.